The molecule has 0 aromatic heterocycles. The van der Waals surface area contributed by atoms with Crippen molar-refractivity contribution >= 4 is 5.97 Å². The van der Waals surface area contributed by atoms with Gasteiger partial charge in [0.05, 0.1) is 5.92 Å². The number of hydrogen-bond acceptors (Lipinski definition) is 1. The van der Waals surface area contributed by atoms with Gasteiger partial charge in [-0.05, 0) is 25.2 Å². The first-order valence-corrected chi connectivity index (χ1v) is 3.96. The molecule has 0 amide bonds. The zero-order chi connectivity index (χ0) is 7.56. The fourth-order valence-corrected chi connectivity index (χ4v) is 1.67. The van der Waals surface area contributed by atoms with Crippen molar-refractivity contribution in [3.8, 4) is 0 Å². The zero-order valence-electron chi connectivity index (χ0n) is 6.34. The van der Waals surface area contributed by atoms with Gasteiger partial charge in [0, 0.05) is 0 Å². The predicted molar refractivity (Wildman–Crippen MR) is 38.8 cm³/mol. The molecule has 0 bridgehead atoms. The summed E-state index contributed by atoms with van der Waals surface area (Å²) in [6.45, 7) is 2.13. The van der Waals surface area contributed by atoms with Crippen molar-refractivity contribution in [3.63, 3.8) is 0 Å². The minimum Gasteiger partial charge on any atom is -0.481 e. The summed E-state index contributed by atoms with van der Waals surface area (Å²) in [6, 6.07) is 0. The molecule has 1 rings (SSSR count). The summed E-state index contributed by atoms with van der Waals surface area (Å²) in [5.41, 5.74) is 0. The molecule has 0 aromatic rings. The second kappa shape index (κ2) is 3.04. The summed E-state index contributed by atoms with van der Waals surface area (Å²) >= 11 is 0. The summed E-state index contributed by atoms with van der Waals surface area (Å²) in [5, 5.41) is 8.63. The summed E-state index contributed by atoms with van der Waals surface area (Å²) in [4.78, 5) is 10.5. The summed E-state index contributed by atoms with van der Waals surface area (Å²) < 4.78 is 0. The first-order valence-electron chi connectivity index (χ1n) is 3.96. The van der Waals surface area contributed by atoms with Crippen LogP contribution in [0.2, 0.25) is 0 Å². The monoisotopic (exact) mass is 142 g/mol. The highest BCUT2D eigenvalue weighted by Gasteiger charge is 2.28. The Bertz CT molecular complexity index is 131. The lowest BCUT2D eigenvalue weighted by Gasteiger charge is -2.03. The maximum Gasteiger partial charge on any atom is 0.306 e. The van der Waals surface area contributed by atoms with Crippen LogP contribution < -0.4 is 0 Å². The molecule has 1 N–H and O–H groups in total. The number of carboxylic acid groups (broad SMARTS) is 1. The Kier molecular flexibility index (Phi) is 2.30. The van der Waals surface area contributed by atoms with Crippen LogP contribution in [-0.2, 0) is 4.79 Å². The van der Waals surface area contributed by atoms with Gasteiger partial charge in [-0.15, -0.1) is 0 Å². The zero-order valence-corrected chi connectivity index (χ0v) is 6.34. The van der Waals surface area contributed by atoms with E-state index in [9.17, 15) is 4.79 Å². The van der Waals surface area contributed by atoms with E-state index in [4.69, 9.17) is 5.11 Å². The fourth-order valence-electron chi connectivity index (χ4n) is 1.67. The van der Waals surface area contributed by atoms with Crippen LogP contribution in [0.15, 0.2) is 0 Å². The largest absolute Gasteiger partial charge is 0.481 e. The van der Waals surface area contributed by atoms with Crippen molar-refractivity contribution in [2.24, 2.45) is 11.8 Å². The van der Waals surface area contributed by atoms with E-state index in [0.29, 0.717) is 5.92 Å². The normalized spacial score (nSPS) is 32.5. The van der Waals surface area contributed by atoms with E-state index in [1.165, 1.54) is 0 Å². The van der Waals surface area contributed by atoms with Gasteiger partial charge < -0.3 is 5.11 Å². The Labute approximate surface area is 61.2 Å². The minimum absolute atomic E-state index is 0.0371. The number of aliphatic carboxylic acids is 1. The van der Waals surface area contributed by atoms with Crippen LogP contribution >= 0.6 is 0 Å². The van der Waals surface area contributed by atoms with E-state index in [1.54, 1.807) is 0 Å². The molecule has 10 heavy (non-hydrogen) atoms. The van der Waals surface area contributed by atoms with Gasteiger partial charge >= 0.3 is 5.97 Å². The molecule has 0 aliphatic heterocycles. The quantitative estimate of drug-likeness (QED) is 0.639. The lowest BCUT2D eigenvalue weighted by molar-refractivity contribution is -0.141. The highest BCUT2D eigenvalue weighted by Crippen LogP contribution is 2.32. The lowest BCUT2D eigenvalue weighted by Crippen LogP contribution is -2.09. The molecule has 2 heteroatoms. The molecule has 0 saturated heterocycles. The van der Waals surface area contributed by atoms with Crippen molar-refractivity contribution in [2.45, 2.75) is 32.6 Å². The molecule has 1 saturated carbocycles. The van der Waals surface area contributed by atoms with E-state index in [1.807, 2.05) is 0 Å². The maximum absolute atomic E-state index is 10.5. The second-order valence-electron chi connectivity index (χ2n) is 3.12. The summed E-state index contributed by atoms with van der Waals surface area (Å²) in [5.74, 6) is 0.0435. The molecule has 58 valence electrons. The molecule has 0 aromatic carbocycles. The Morgan fingerprint density at radius 2 is 2.30 bits per heavy atom. The molecule has 2 nitrogen and oxygen atoms in total. The molecule has 1 fully saturated rings. The van der Waals surface area contributed by atoms with Gasteiger partial charge in [0.25, 0.3) is 0 Å². The molecule has 0 spiro atoms. The first-order chi connectivity index (χ1) is 4.74. The third kappa shape index (κ3) is 1.49. The molecule has 0 radical (unpaired) electrons. The standard InChI is InChI=1S/C8H14O2/c1-2-6-3-4-7(5-6)8(9)10/h6-7H,2-5H2,1H3,(H,9,10). The average Bonchev–Trinajstić information content (AvgIpc) is 2.34. The summed E-state index contributed by atoms with van der Waals surface area (Å²) in [6.07, 6.45) is 4.07. The van der Waals surface area contributed by atoms with Gasteiger partial charge in [0.15, 0.2) is 0 Å². The molecular weight excluding hydrogens is 128 g/mol. The SMILES string of the molecule is CCC1CCC(C(=O)O)C1. The Morgan fingerprint density at radius 3 is 2.60 bits per heavy atom. The first kappa shape index (κ1) is 7.58. The van der Waals surface area contributed by atoms with Crippen LogP contribution in [0.25, 0.3) is 0 Å². The molecule has 1 aliphatic rings. The van der Waals surface area contributed by atoms with Crippen LogP contribution in [0.5, 0.6) is 0 Å². The Balaban J connectivity index is 2.35. The minimum atomic E-state index is -0.601. The molecule has 1 aliphatic carbocycles. The van der Waals surface area contributed by atoms with Gasteiger partial charge in [-0.25, -0.2) is 0 Å². The fraction of sp³-hybridized carbons (Fsp3) is 0.875. The van der Waals surface area contributed by atoms with Crippen LogP contribution in [0.4, 0.5) is 0 Å². The number of carboxylic acids is 1. The van der Waals surface area contributed by atoms with E-state index in [0.717, 1.165) is 25.7 Å². The van der Waals surface area contributed by atoms with Gasteiger partial charge in [-0.3, -0.25) is 4.79 Å². The number of rotatable bonds is 2. The van der Waals surface area contributed by atoms with Crippen molar-refractivity contribution in [1.82, 2.24) is 0 Å². The average molecular weight is 142 g/mol. The van der Waals surface area contributed by atoms with Gasteiger partial charge in [-0.1, -0.05) is 13.3 Å². The highest BCUT2D eigenvalue weighted by molar-refractivity contribution is 5.70. The Morgan fingerprint density at radius 1 is 1.60 bits per heavy atom. The van der Waals surface area contributed by atoms with E-state index in [2.05, 4.69) is 6.92 Å². The van der Waals surface area contributed by atoms with E-state index < -0.39 is 5.97 Å². The molecule has 0 heterocycles. The predicted octanol–water partition coefficient (Wildman–Crippen LogP) is 1.90. The number of carbonyl (C=O) groups is 1. The van der Waals surface area contributed by atoms with Crippen LogP contribution in [0, 0.1) is 11.8 Å². The molecule has 2 unspecified atom stereocenters. The number of hydrogen-bond donors (Lipinski definition) is 1. The smallest absolute Gasteiger partial charge is 0.306 e. The van der Waals surface area contributed by atoms with Crippen LogP contribution in [0.3, 0.4) is 0 Å². The molecule has 2 atom stereocenters. The van der Waals surface area contributed by atoms with Crippen molar-refractivity contribution < 1.29 is 9.90 Å². The van der Waals surface area contributed by atoms with E-state index >= 15 is 0 Å². The van der Waals surface area contributed by atoms with Crippen LogP contribution in [-0.4, -0.2) is 11.1 Å². The maximum atomic E-state index is 10.5. The topological polar surface area (TPSA) is 37.3 Å². The van der Waals surface area contributed by atoms with Gasteiger partial charge in [-0.2, -0.15) is 0 Å². The summed E-state index contributed by atoms with van der Waals surface area (Å²) in [7, 11) is 0. The van der Waals surface area contributed by atoms with Crippen LogP contribution in [0.1, 0.15) is 32.6 Å². The van der Waals surface area contributed by atoms with Crippen molar-refractivity contribution in [3.05, 3.63) is 0 Å². The Hall–Kier alpha value is -0.530. The highest BCUT2D eigenvalue weighted by atomic mass is 16.4. The molecular formula is C8H14O2. The van der Waals surface area contributed by atoms with Crippen molar-refractivity contribution in [2.75, 3.05) is 0 Å². The third-order valence-corrected chi connectivity index (χ3v) is 2.47. The lowest BCUT2D eigenvalue weighted by atomic mass is 10.0. The van der Waals surface area contributed by atoms with Gasteiger partial charge in [0.1, 0.15) is 0 Å². The second-order valence-corrected chi connectivity index (χ2v) is 3.12. The van der Waals surface area contributed by atoms with E-state index in [-0.39, 0.29) is 5.92 Å². The van der Waals surface area contributed by atoms with Gasteiger partial charge in [0.2, 0.25) is 0 Å². The third-order valence-electron chi connectivity index (χ3n) is 2.47. The van der Waals surface area contributed by atoms with Crippen molar-refractivity contribution in [1.29, 1.82) is 0 Å².